The van der Waals surface area contributed by atoms with Crippen LogP contribution < -0.4 is 5.56 Å². The van der Waals surface area contributed by atoms with Gasteiger partial charge >= 0.3 is 0 Å². The van der Waals surface area contributed by atoms with E-state index < -0.39 is 0 Å². The monoisotopic (exact) mass is 290 g/mol. The maximum atomic E-state index is 11.3. The lowest BCUT2D eigenvalue weighted by molar-refractivity contribution is 0.575. The van der Waals surface area contributed by atoms with Crippen molar-refractivity contribution >= 4 is 22.6 Å². The zero-order valence-electron chi connectivity index (χ0n) is 7.46. The molecule has 4 heteroatoms. The smallest absolute Gasteiger partial charge is 0.267 e. The number of aryl methyl sites for hydroxylation is 1. The van der Waals surface area contributed by atoms with Gasteiger partial charge in [0.1, 0.15) is 0 Å². The molecule has 1 aromatic rings. The fourth-order valence-corrected chi connectivity index (χ4v) is 1.27. The SMILES string of the molecule is C=C(C)CCn1ncc(I)cc1=O. The lowest BCUT2D eigenvalue weighted by Gasteiger charge is -2.02. The van der Waals surface area contributed by atoms with Gasteiger partial charge in [0.2, 0.25) is 0 Å². The third kappa shape index (κ3) is 3.30. The van der Waals surface area contributed by atoms with E-state index in [2.05, 4.69) is 34.3 Å². The van der Waals surface area contributed by atoms with Crippen LogP contribution in [0.3, 0.4) is 0 Å². The van der Waals surface area contributed by atoms with Crippen LogP contribution in [-0.4, -0.2) is 9.78 Å². The summed E-state index contributed by atoms with van der Waals surface area (Å²) in [7, 11) is 0. The van der Waals surface area contributed by atoms with Crippen molar-refractivity contribution in [2.24, 2.45) is 0 Å². The number of halogens is 1. The van der Waals surface area contributed by atoms with E-state index in [1.54, 1.807) is 12.3 Å². The first-order valence-electron chi connectivity index (χ1n) is 3.96. The van der Waals surface area contributed by atoms with Crippen LogP contribution in [0.25, 0.3) is 0 Å². The van der Waals surface area contributed by atoms with E-state index in [9.17, 15) is 4.79 Å². The van der Waals surface area contributed by atoms with Crippen LogP contribution in [-0.2, 0) is 6.54 Å². The molecule has 0 radical (unpaired) electrons. The van der Waals surface area contributed by atoms with E-state index in [4.69, 9.17) is 0 Å². The number of rotatable bonds is 3. The first-order valence-corrected chi connectivity index (χ1v) is 5.04. The highest BCUT2D eigenvalue weighted by Crippen LogP contribution is 1.99. The molecule has 0 aromatic carbocycles. The number of hydrogen-bond acceptors (Lipinski definition) is 2. The van der Waals surface area contributed by atoms with Crippen molar-refractivity contribution in [2.75, 3.05) is 0 Å². The van der Waals surface area contributed by atoms with E-state index >= 15 is 0 Å². The highest BCUT2D eigenvalue weighted by Gasteiger charge is 1.97. The second-order valence-electron chi connectivity index (χ2n) is 2.94. The normalized spacial score (nSPS) is 10.0. The average Bonchev–Trinajstić information content (AvgIpc) is 2.02. The van der Waals surface area contributed by atoms with Gasteiger partial charge in [-0.2, -0.15) is 5.10 Å². The summed E-state index contributed by atoms with van der Waals surface area (Å²) < 4.78 is 2.32. The molecule has 0 aliphatic heterocycles. The molecule has 0 aliphatic rings. The van der Waals surface area contributed by atoms with Crippen molar-refractivity contribution in [1.29, 1.82) is 0 Å². The van der Waals surface area contributed by atoms with Gasteiger partial charge in [-0.15, -0.1) is 6.58 Å². The topological polar surface area (TPSA) is 34.9 Å². The Morgan fingerprint density at radius 1 is 1.77 bits per heavy atom. The van der Waals surface area contributed by atoms with Gasteiger partial charge < -0.3 is 0 Å². The van der Waals surface area contributed by atoms with Gasteiger partial charge in [-0.25, -0.2) is 4.68 Å². The zero-order valence-corrected chi connectivity index (χ0v) is 9.61. The Morgan fingerprint density at radius 2 is 2.46 bits per heavy atom. The first-order chi connectivity index (χ1) is 6.09. The third-order valence-electron chi connectivity index (χ3n) is 1.59. The molecule has 1 aromatic heterocycles. The molecule has 1 rings (SSSR count). The van der Waals surface area contributed by atoms with Crippen molar-refractivity contribution in [2.45, 2.75) is 19.9 Å². The van der Waals surface area contributed by atoms with Crippen molar-refractivity contribution in [3.8, 4) is 0 Å². The second-order valence-corrected chi connectivity index (χ2v) is 4.19. The van der Waals surface area contributed by atoms with Gasteiger partial charge in [0.25, 0.3) is 5.56 Å². The van der Waals surface area contributed by atoms with Crippen LogP contribution in [0.2, 0.25) is 0 Å². The summed E-state index contributed by atoms with van der Waals surface area (Å²) in [6, 6.07) is 1.58. The van der Waals surface area contributed by atoms with Gasteiger partial charge in [-0.05, 0) is 35.9 Å². The van der Waals surface area contributed by atoms with Crippen molar-refractivity contribution in [3.05, 3.63) is 38.3 Å². The van der Waals surface area contributed by atoms with Crippen LogP contribution in [0.5, 0.6) is 0 Å². The molecule has 0 amide bonds. The predicted molar refractivity (Wildman–Crippen MR) is 60.6 cm³/mol. The van der Waals surface area contributed by atoms with Crippen molar-refractivity contribution < 1.29 is 0 Å². The number of allylic oxidation sites excluding steroid dienone is 1. The van der Waals surface area contributed by atoms with E-state index in [1.165, 1.54) is 4.68 Å². The van der Waals surface area contributed by atoms with Gasteiger partial charge in [0.15, 0.2) is 0 Å². The molecule has 0 aliphatic carbocycles. The maximum absolute atomic E-state index is 11.3. The molecular formula is C9H11IN2O. The molecular weight excluding hydrogens is 279 g/mol. The number of aromatic nitrogens is 2. The lowest BCUT2D eigenvalue weighted by atomic mass is 10.2. The Bertz CT molecular complexity index is 370. The summed E-state index contributed by atoms with van der Waals surface area (Å²) in [4.78, 5) is 11.3. The Hall–Kier alpha value is -0.650. The molecule has 0 unspecified atom stereocenters. The molecule has 0 spiro atoms. The molecule has 0 saturated carbocycles. The maximum Gasteiger partial charge on any atom is 0.267 e. The zero-order chi connectivity index (χ0) is 9.84. The first kappa shape index (κ1) is 10.4. The Kier molecular flexibility index (Phi) is 3.65. The van der Waals surface area contributed by atoms with E-state index in [-0.39, 0.29) is 5.56 Å². The molecule has 0 atom stereocenters. The average molecular weight is 290 g/mol. The number of nitrogens with zero attached hydrogens (tertiary/aromatic N) is 2. The summed E-state index contributed by atoms with van der Waals surface area (Å²) in [5.74, 6) is 0. The molecule has 13 heavy (non-hydrogen) atoms. The summed E-state index contributed by atoms with van der Waals surface area (Å²) in [6.45, 7) is 6.33. The van der Waals surface area contributed by atoms with Crippen molar-refractivity contribution in [1.82, 2.24) is 9.78 Å². The molecule has 1 heterocycles. The number of hydrogen-bond donors (Lipinski definition) is 0. The lowest BCUT2D eigenvalue weighted by Crippen LogP contribution is -2.22. The Morgan fingerprint density at radius 3 is 3.00 bits per heavy atom. The second kappa shape index (κ2) is 4.55. The van der Waals surface area contributed by atoms with Crippen LogP contribution >= 0.6 is 22.6 Å². The van der Waals surface area contributed by atoms with Crippen LogP contribution in [0, 0.1) is 3.57 Å². The fourth-order valence-electron chi connectivity index (χ4n) is 0.876. The standard InChI is InChI=1S/C9H11IN2O/c1-7(2)3-4-12-9(13)5-8(10)6-11-12/h5-6H,1,3-4H2,2H3. The minimum atomic E-state index is -0.0480. The summed E-state index contributed by atoms with van der Waals surface area (Å²) >= 11 is 2.07. The van der Waals surface area contributed by atoms with Gasteiger partial charge in [0, 0.05) is 16.2 Å². The minimum Gasteiger partial charge on any atom is -0.268 e. The predicted octanol–water partition coefficient (Wildman–Crippen LogP) is 1.81. The van der Waals surface area contributed by atoms with Crippen LogP contribution in [0.1, 0.15) is 13.3 Å². The summed E-state index contributed by atoms with van der Waals surface area (Å²) in [5, 5.41) is 4.01. The molecule has 0 fully saturated rings. The van der Waals surface area contributed by atoms with E-state index in [1.807, 2.05) is 6.92 Å². The molecule has 0 saturated heterocycles. The molecule has 70 valence electrons. The minimum absolute atomic E-state index is 0.0480. The van der Waals surface area contributed by atoms with Gasteiger partial charge in [0.05, 0.1) is 6.20 Å². The van der Waals surface area contributed by atoms with E-state index in [0.717, 1.165) is 15.6 Å². The van der Waals surface area contributed by atoms with Crippen molar-refractivity contribution in [3.63, 3.8) is 0 Å². The van der Waals surface area contributed by atoms with Crippen LogP contribution in [0.15, 0.2) is 29.2 Å². The Balaban J connectivity index is 2.78. The molecule has 0 N–H and O–H groups in total. The fraction of sp³-hybridized carbons (Fsp3) is 0.333. The highest BCUT2D eigenvalue weighted by atomic mass is 127. The van der Waals surface area contributed by atoms with Crippen LogP contribution in [0.4, 0.5) is 0 Å². The summed E-state index contributed by atoms with van der Waals surface area (Å²) in [5.41, 5.74) is 1.01. The third-order valence-corrected chi connectivity index (χ3v) is 2.18. The quantitative estimate of drug-likeness (QED) is 0.628. The van der Waals surface area contributed by atoms with E-state index in [0.29, 0.717) is 6.54 Å². The van der Waals surface area contributed by atoms with Gasteiger partial charge in [-0.1, -0.05) is 5.57 Å². The largest absolute Gasteiger partial charge is 0.268 e. The van der Waals surface area contributed by atoms with Gasteiger partial charge in [-0.3, -0.25) is 4.79 Å². The molecule has 0 bridgehead atoms. The summed E-state index contributed by atoms with van der Waals surface area (Å²) in [6.07, 6.45) is 2.48. The highest BCUT2D eigenvalue weighted by molar-refractivity contribution is 14.1. The Labute approximate surface area is 90.6 Å². The molecule has 3 nitrogen and oxygen atoms in total.